The Labute approximate surface area is 113 Å². The zero-order chi connectivity index (χ0) is 13.2. The number of aromatic nitrogens is 2. The SMILES string of the molecule is Cc1cccc(Nc2ncnc3c2CC(N)CC3)c1. The van der Waals surface area contributed by atoms with Crippen molar-refractivity contribution in [1.82, 2.24) is 9.97 Å². The molecular formula is C15H18N4. The molecule has 0 aliphatic heterocycles. The lowest BCUT2D eigenvalue weighted by molar-refractivity contribution is 0.565. The van der Waals surface area contributed by atoms with Crippen LogP contribution < -0.4 is 11.1 Å². The molecule has 0 fully saturated rings. The van der Waals surface area contributed by atoms with E-state index in [9.17, 15) is 0 Å². The molecular weight excluding hydrogens is 236 g/mol. The van der Waals surface area contributed by atoms with E-state index in [2.05, 4.69) is 34.3 Å². The quantitative estimate of drug-likeness (QED) is 0.863. The molecule has 1 aromatic heterocycles. The number of benzene rings is 1. The van der Waals surface area contributed by atoms with Gasteiger partial charge in [-0.3, -0.25) is 0 Å². The van der Waals surface area contributed by atoms with Crippen LogP contribution >= 0.6 is 0 Å². The van der Waals surface area contributed by atoms with Gasteiger partial charge in [0, 0.05) is 23.0 Å². The van der Waals surface area contributed by atoms with Crippen LogP contribution in [0.4, 0.5) is 11.5 Å². The number of nitrogens with two attached hydrogens (primary N) is 1. The number of nitrogens with zero attached hydrogens (tertiary/aromatic N) is 2. The first-order valence-corrected chi connectivity index (χ1v) is 6.64. The van der Waals surface area contributed by atoms with Gasteiger partial charge in [-0.1, -0.05) is 12.1 Å². The molecule has 3 N–H and O–H groups in total. The minimum Gasteiger partial charge on any atom is -0.340 e. The van der Waals surface area contributed by atoms with Gasteiger partial charge in [0.1, 0.15) is 12.1 Å². The Hall–Kier alpha value is -1.94. The molecule has 0 saturated carbocycles. The normalized spacial score (nSPS) is 17.9. The minimum atomic E-state index is 0.219. The number of nitrogens with one attached hydrogen (secondary N) is 1. The monoisotopic (exact) mass is 254 g/mol. The Kier molecular flexibility index (Phi) is 3.17. The number of anilines is 2. The van der Waals surface area contributed by atoms with E-state index in [-0.39, 0.29) is 6.04 Å². The highest BCUT2D eigenvalue weighted by atomic mass is 15.0. The number of fused-ring (bicyclic) bond motifs is 1. The molecule has 0 saturated heterocycles. The molecule has 4 nitrogen and oxygen atoms in total. The second-order valence-electron chi connectivity index (χ2n) is 5.14. The number of hydrogen-bond acceptors (Lipinski definition) is 4. The second kappa shape index (κ2) is 4.97. The van der Waals surface area contributed by atoms with Crippen LogP contribution in [0.3, 0.4) is 0 Å². The summed E-state index contributed by atoms with van der Waals surface area (Å²) in [7, 11) is 0. The Morgan fingerprint density at radius 3 is 3.05 bits per heavy atom. The summed E-state index contributed by atoms with van der Waals surface area (Å²) in [5.74, 6) is 0.894. The topological polar surface area (TPSA) is 63.8 Å². The van der Waals surface area contributed by atoms with Crippen LogP contribution in [0.2, 0.25) is 0 Å². The van der Waals surface area contributed by atoms with E-state index in [1.807, 2.05) is 12.1 Å². The predicted octanol–water partition coefficient (Wildman–Crippen LogP) is 2.34. The molecule has 1 unspecified atom stereocenters. The van der Waals surface area contributed by atoms with Crippen LogP contribution in [0.1, 0.15) is 23.2 Å². The van der Waals surface area contributed by atoms with Gasteiger partial charge in [-0.15, -0.1) is 0 Å². The van der Waals surface area contributed by atoms with Crippen molar-refractivity contribution in [2.45, 2.75) is 32.2 Å². The van der Waals surface area contributed by atoms with Gasteiger partial charge in [0.2, 0.25) is 0 Å². The maximum Gasteiger partial charge on any atom is 0.137 e. The van der Waals surface area contributed by atoms with Crippen LogP contribution in [-0.4, -0.2) is 16.0 Å². The van der Waals surface area contributed by atoms with Crippen molar-refractivity contribution in [3.05, 3.63) is 47.4 Å². The third-order valence-corrected chi connectivity index (χ3v) is 3.53. The van der Waals surface area contributed by atoms with Crippen LogP contribution in [0.25, 0.3) is 0 Å². The second-order valence-corrected chi connectivity index (χ2v) is 5.14. The summed E-state index contributed by atoms with van der Waals surface area (Å²) < 4.78 is 0. The summed E-state index contributed by atoms with van der Waals surface area (Å²) >= 11 is 0. The molecule has 2 aromatic rings. The van der Waals surface area contributed by atoms with Crippen LogP contribution in [0.15, 0.2) is 30.6 Å². The molecule has 0 amide bonds. The van der Waals surface area contributed by atoms with Gasteiger partial charge in [-0.05, 0) is 43.9 Å². The van der Waals surface area contributed by atoms with E-state index in [1.165, 1.54) is 11.1 Å². The summed E-state index contributed by atoms with van der Waals surface area (Å²) in [5.41, 5.74) is 10.6. The van der Waals surface area contributed by atoms with Crippen molar-refractivity contribution in [2.24, 2.45) is 5.73 Å². The first kappa shape index (κ1) is 12.1. The van der Waals surface area contributed by atoms with Crippen molar-refractivity contribution in [2.75, 3.05) is 5.32 Å². The Morgan fingerprint density at radius 2 is 2.21 bits per heavy atom. The van der Waals surface area contributed by atoms with Gasteiger partial charge in [0.05, 0.1) is 0 Å². The highest BCUT2D eigenvalue weighted by Crippen LogP contribution is 2.26. The summed E-state index contributed by atoms with van der Waals surface area (Å²) in [6, 6.07) is 8.49. The number of hydrogen-bond donors (Lipinski definition) is 2. The fraction of sp³-hybridized carbons (Fsp3) is 0.333. The number of rotatable bonds is 2. The van der Waals surface area contributed by atoms with Crippen molar-refractivity contribution in [3.8, 4) is 0 Å². The summed E-state index contributed by atoms with van der Waals surface area (Å²) in [4.78, 5) is 8.74. The third kappa shape index (κ3) is 2.58. The molecule has 1 aliphatic carbocycles. The van der Waals surface area contributed by atoms with Gasteiger partial charge in [-0.25, -0.2) is 9.97 Å². The van der Waals surface area contributed by atoms with E-state index in [0.29, 0.717) is 0 Å². The van der Waals surface area contributed by atoms with Gasteiger partial charge in [0.15, 0.2) is 0 Å². The Balaban J connectivity index is 1.93. The lowest BCUT2D eigenvalue weighted by Crippen LogP contribution is -2.29. The van der Waals surface area contributed by atoms with E-state index >= 15 is 0 Å². The lowest BCUT2D eigenvalue weighted by atomic mass is 9.92. The lowest BCUT2D eigenvalue weighted by Gasteiger charge is -2.22. The van der Waals surface area contributed by atoms with Gasteiger partial charge in [0.25, 0.3) is 0 Å². The van der Waals surface area contributed by atoms with Gasteiger partial charge < -0.3 is 11.1 Å². The molecule has 1 aliphatic rings. The minimum absolute atomic E-state index is 0.219. The molecule has 0 radical (unpaired) electrons. The molecule has 1 aromatic carbocycles. The van der Waals surface area contributed by atoms with Crippen molar-refractivity contribution in [1.29, 1.82) is 0 Å². The standard InChI is InChI=1S/C15H18N4/c1-10-3-2-4-12(7-10)19-15-13-8-11(16)5-6-14(13)17-9-18-15/h2-4,7,9,11H,5-6,8,16H2,1H3,(H,17,18,19). The molecule has 19 heavy (non-hydrogen) atoms. The maximum absolute atomic E-state index is 6.05. The van der Waals surface area contributed by atoms with E-state index in [4.69, 9.17) is 5.73 Å². The first-order valence-electron chi connectivity index (χ1n) is 6.64. The van der Waals surface area contributed by atoms with E-state index in [0.717, 1.165) is 36.5 Å². The van der Waals surface area contributed by atoms with Crippen LogP contribution in [0.5, 0.6) is 0 Å². The molecule has 98 valence electrons. The first-order chi connectivity index (χ1) is 9.22. The average molecular weight is 254 g/mol. The van der Waals surface area contributed by atoms with Crippen LogP contribution in [0, 0.1) is 6.92 Å². The molecule has 3 rings (SSSR count). The maximum atomic E-state index is 6.05. The molecule has 4 heteroatoms. The fourth-order valence-electron chi connectivity index (χ4n) is 2.53. The number of aryl methyl sites for hydroxylation is 2. The van der Waals surface area contributed by atoms with Crippen molar-refractivity contribution >= 4 is 11.5 Å². The molecule has 0 spiro atoms. The van der Waals surface area contributed by atoms with E-state index < -0.39 is 0 Å². The smallest absolute Gasteiger partial charge is 0.137 e. The molecule has 1 heterocycles. The van der Waals surface area contributed by atoms with Crippen molar-refractivity contribution in [3.63, 3.8) is 0 Å². The highest BCUT2D eigenvalue weighted by Gasteiger charge is 2.20. The zero-order valence-corrected chi connectivity index (χ0v) is 11.1. The predicted molar refractivity (Wildman–Crippen MR) is 76.5 cm³/mol. The molecule has 1 atom stereocenters. The largest absolute Gasteiger partial charge is 0.340 e. The Morgan fingerprint density at radius 1 is 1.32 bits per heavy atom. The highest BCUT2D eigenvalue weighted by molar-refractivity contribution is 5.61. The van der Waals surface area contributed by atoms with Crippen molar-refractivity contribution < 1.29 is 0 Å². The molecule has 0 bridgehead atoms. The summed E-state index contributed by atoms with van der Waals surface area (Å²) in [6.45, 7) is 2.08. The summed E-state index contributed by atoms with van der Waals surface area (Å²) in [6.07, 6.45) is 4.44. The third-order valence-electron chi connectivity index (χ3n) is 3.53. The van der Waals surface area contributed by atoms with E-state index in [1.54, 1.807) is 6.33 Å². The summed E-state index contributed by atoms with van der Waals surface area (Å²) in [5, 5.41) is 3.39. The Bertz CT molecular complexity index is 594. The average Bonchev–Trinajstić information content (AvgIpc) is 2.39. The fourth-order valence-corrected chi connectivity index (χ4v) is 2.53. The van der Waals surface area contributed by atoms with Crippen LogP contribution in [-0.2, 0) is 12.8 Å². The zero-order valence-electron chi connectivity index (χ0n) is 11.1. The van der Waals surface area contributed by atoms with Gasteiger partial charge >= 0.3 is 0 Å². The van der Waals surface area contributed by atoms with Gasteiger partial charge in [-0.2, -0.15) is 0 Å².